The molecule has 1 aromatic rings. The predicted octanol–water partition coefficient (Wildman–Crippen LogP) is 0.478. The molecule has 1 unspecified atom stereocenters. The summed E-state index contributed by atoms with van der Waals surface area (Å²) in [6, 6.07) is 0. The van der Waals surface area contributed by atoms with E-state index in [-0.39, 0.29) is 12.5 Å². The number of nitrogens with zero attached hydrogens (tertiary/aromatic N) is 4. The molecule has 0 radical (unpaired) electrons. The van der Waals surface area contributed by atoms with Crippen LogP contribution >= 0.6 is 11.8 Å². The quantitative estimate of drug-likeness (QED) is 0.394. The second-order valence-electron chi connectivity index (χ2n) is 4.68. The van der Waals surface area contributed by atoms with Gasteiger partial charge in [0.1, 0.15) is 0 Å². The molecular weight excluding hydrogens is 264 g/mol. The fraction of sp³-hybridized carbons (Fsp3) is 0.727. The number of thioether (sulfide) groups is 1. The fourth-order valence-electron chi connectivity index (χ4n) is 1.80. The van der Waals surface area contributed by atoms with Gasteiger partial charge in [-0.2, -0.15) is 15.0 Å². The third kappa shape index (κ3) is 3.92. The van der Waals surface area contributed by atoms with Crippen LogP contribution < -0.4 is 16.2 Å². The van der Waals surface area contributed by atoms with Crippen LogP contribution in [0.1, 0.15) is 19.8 Å². The lowest BCUT2D eigenvalue weighted by atomic mass is 10.2. The van der Waals surface area contributed by atoms with Crippen molar-refractivity contribution in [2.45, 2.75) is 24.9 Å². The van der Waals surface area contributed by atoms with E-state index in [1.165, 1.54) is 24.6 Å². The third-order valence-electron chi connectivity index (χ3n) is 2.93. The summed E-state index contributed by atoms with van der Waals surface area (Å²) in [7, 11) is 0. The molecule has 1 aliphatic rings. The van der Waals surface area contributed by atoms with Crippen molar-refractivity contribution in [3.8, 4) is 0 Å². The number of hydrazine groups is 1. The van der Waals surface area contributed by atoms with Crippen molar-refractivity contribution >= 4 is 23.7 Å². The molecule has 0 amide bonds. The highest BCUT2D eigenvalue weighted by Gasteiger charge is 2.17. The second kappa shape index (κ2) is 6.88. The topological polar surface area (TPSA) is 100 Å². The summed E-state index contributed by atoms with van der Waals surface area (Å²) in [5, 5.41) is 9.68. The van der Waals surface area contributed by atoms with E-state index in [4.69, 9.17) is 10.9 Å². The van der Waals surface area contributed by atoms with Crippen LogP contribution in [0.15, 0.2) is 5.16 Å². The van der Waals surface area contributed by atoms with Crippen LogP contribution in [-0.2, 0) is 0 Å². The zero-order valence-corrected chi connectivity index (χ0v) is 11.9. The molecule has 0 aliphatic carbocycles. The molecule has 1 saturated heterocycles. The second-order valence-corrected chi connectivity index (χ2v) is 5.67. The summed E-state index contributed by atoms with van der Waals surface area (Å²) >= 11 is 1.51. The van der Waals surface area contributed by atoms with Crippen LogP contribution in [0.5, 0.6) is 0 Å². The van der Waals surface area contributed by atoms with Crippen molar-refractivity contribution < 1.29 is 5.11 Å². The molecule has 4 N–H and O–H groups in total. The van der Waals surface area contributed by atoms with Crippen LogP contribution in [0.2, 0.25) is 0 Å². The summed E-state index contributed by atoms with van der Waals surface area (Å²) in [5.74, 6) is 7.45. The monoisotopic (exact) mass is 284 g/mol. The minimum absolute atomic E-state index is 0.166. The number of rotatable bonds is 6. The Kier molecular flexibility index (Phi) is 5.17. The predicted molar refractivity (Wildman–Crippen MR) is 76.1 cm³/mol. The molecule has 2 heterocycles. The number of nitrogen functional groups attached to an aromatic ring is 1. The van der Waals surface area contributed by atoms with Crippen LogP contribution in [0, 0.1) is 5.92 Å². The van der Waals surface area contributed by atoms with Gasteiger partial charge in [-0.05, 0) is 18.8 Å². The van der Waals surface area contributed by atoms with E-state index < -0.39 is 0 Å². The van der Waals surface area contributed by atoms with Crippen molar-refractivity contribution in [2.24, 2.45) is 11.8 Å². The summed E-state index contributed by atoms with van der Waals surface area (Å²) in [6.07, 6.45) is 2.34. The molecule has 0 saturated carbocycles. The third-order valence-corrected chi connectivity index (χ3v) is 4.11. The first-order valence-electron chi connectivity index (χ1n) is 6.44. The molecule has 0 spiro atoms. The number of aliphatic hydroxyl groups excluding tert-OH is 1. The zero-order valence-electron chi connectivity index (χ0n) is 11.0. The maximum atomic E-state index is 9.03. The molecule has 8 heteroatoms. The Hall–Kier alpha value is -1.12. The molecule has 0 aromatic carbocycles. The molecule has 19 heavy (non-hydrogen) atoms. The van der Waals surface area contributed by atoms with Gasteiger partial charge >= 0.3 is 0 Å². The molecule has 2 rings (SSSR count). The van der Waals surface area contributed by atoms with Gasteiger partial charge in [0.25, 0.3) is 0 Å². The number of aliphatic hydroxyl groups is 1. The SMILES string of the molecule is CC(CO)CSc1nc(NN)nc(N2CCCC2)n1. The zero-order chi connectivity index (χ0) is 13.7. The van der Waals surface area contributed by atoms with Crippen molar-refractivity contribution in [3.05, 3.63) is 0 Å². The molecule has 1 atom stereocenters. The minimum atomic E-state index is 0.166. The standard InChI is InChI=1S/C11H20N6OS/c1-8(6-18)7-19-11-14-9(16-12)13-10(15-11)17-4-2-3-5-17/h8,18H,2-7,12H2,1H3,(H,13,14,15,16). The maximum Gasteiger partial charge on any atom is 0.242 e. The lowest BCUT2D eigenvalue weighted by Gasteiger charge is -2.16. The van der Waals surface area contributed by atoms with Gasteiger partial charge < -0.3 is 10.0 Å². The van der Waals surface area contributed by atoms with Crippen molar-refractivity contribution in [3.63, 3.8) is 0 Å². The van der Waals surface area contributed by atoms with E-state index in [1.807, 2.05) is 6.92 Å². The molecule has 1 fully saturated rings. The van der Waals surface area contributed by atoms with Crippen molar-refractivity contribution in [2.75, 3.05) is 35.8 Å². The smallest absolute Gasteiger partial charge is 0.242 e. The van der Waals surface area contributed by atoms with Gasteiger partial charge in [-0.1, -0.05) is 18.7 Å². The number of anilines is 2. The van der Waals surface area contributed by atoms with Crippen LogP contribution in [0.3, 0.4) is 0 Å². The average Bonchev–Trinajstić information content (AvgIpc) is 2.98. The van der Waals surface area contributed by atoms with Gasteiger partial charge in [0.15, 0.2) is 5.16 Å². The van der Waals surface area contributed by atoms with E-state index >= 15 is 0 Å². The van der Waals surface area contributed by atoms with E-state index in [1.54, 1.807) is 0 Å². The molecule has 7 nitrogen and oxygen atoms in total. The van der Waals surface area contributed by atoms with E-state index in [9.17, 15) is 0 Å². The molecule has 106 valence electrons. The number of nitrogens with one attached hydrogen (secondary N) is 1. The van der Waals surface area contributed by atoms with Gasteiger partial charge in [0.2, 0.25) is 11.9 Å². The first-order valence-corrected chi connectivity index (χ1v) is 7.42. The summed E-state index contributed by atoms with van der Waals surface area (Å²) in [4.78, 5) is 15.1. The number of hydrogen-bond donors (Lipinski definition) is 3. The first kappa shape index (κ1) is 14.3. The fourth-order valence-corrected chi connectivity index (χ4v) is 2.64. The van der Waals surface area contributed by atoms with Crippen LogP contribution in [0.4, 0.5) is 11.9 Å². The average molecular weight is 284 g/mol. The van der Waals surface area contributed by atoms with Crippen molar-refractivity contribution in [1.82, 2.24) is 15.0 Å². The van der Waals surface area contributed by atoms with Crippen LogP contribution in [-0.4, -0.2) is 45.5 Å². The summed E-state index contributed by atoms with van der Waals surface area (Å²) in [5.41, 5.74) is 2.48. The molecule has 1 aromatic heterocycles. The van der Waals surface area contributed by atoms with Gasteiger partial charge in [-0.25, -0.2) is 5.84 Å². The van der Waals surface area contributed by atoms with Gasteiger partial charge in [-0.15, -0.1) is 0 Å². The Labute approximate surface area is 117 Å². The van der Waals surface area contributed by atoms with Gasteiger partial charge in [0, 0.05) is 25.4 Å². The Morgan fingerprint density at radius 2 is 2.11 bits per heavy atom. The lowest BCUT2D eigenvalue weighted by Crippen LogP contribution is -2.22. The maximum absolute atomic E-state index is 9.03. The Balaban J connectivity index is 2.11. The summed E-state index contributed by atoms with van der Waals surface area (Å²) in [6.45, 7) is 4.10. The highest BCUT2D eigenvalue weighted by Crippen LogP contribution is 2.22. The van der Waals surface area contributed by atoms with Gasteiger partial charge in [0.05, 0.1) is 0 Å². The number of nitrogens with two attached hydrogens (primary N) is 1. The Morgan fingerprint density at radius 1 is 1.37 bits per heavy atom. The molecular formula is C11H20N6OS. The number of hydrogen-bond acceptors (Lipinski definition) is 8. The largest absolute Gasteiger partial charge is 0.396 e. The Morgan fingerprint density at radius 3 is 2.74 bits per heavy atom. The molecule has 0 bridgehead atoms. The summed E-state index contributed by atoms with van der Waals surface area (Å²) < 4.78 is 0. The lowest BCUT2D eigenvalue weighted by molar-refractivity contribution is 0.250. The van der Waals surface area contributed by atoms with E-state index in [2.05, 4.69) is 25.3 Å². The van der Waals surface area contributed by atoms with Crippen LogP contribution in [0.25, 0.3) is 0 Å². The molecule has 1 aliphatic heterocycles. The highest BCUT2D eigenvalue weighted by atomic mass is 32.2. The van der Waals surface area contributed by atoms with Gasteiger partial charge in [-0.3, -0.25) is 5.43 Å². The number of aromatic nitrogens is 3. The highest BCUT2D eigenvalue weighted by molar-refractivity contribution is 7.99. The normalized spacial score (nSPS) is 16.7. The Bertz CT molecular complexity index is 412. The van der Waals surface area contributed by atoms with E-state index in [0.717, 1.165) is 18.8 Å². The minimum Gasteiger partial charge on any atom is -0.396 e. The van der Waals surface area contributed by atoms with E-state index in [0.29, 0.717) is 17.1 Å². The van der Waals surface area contributed by atoms with Crippen molar-refractivity contribution in [1.29, 1.82) is 0 Å². The first-order chi connectivity index (χ1) is 9.22.